The van der Waals surface area contributed by atoms with Crippen molar-refractivity contribution in [2.24, 2.45) is 5.73 Å². The van der Waals surface area contributed by atoms with Crippen molar-refractivity contribution in [3.05, 3.63) is 34.9 Å². The van der Waals surface area contributed by atoms with E-state index in [0.29, 0.717) is 6.04 Å². The van der Waals surface area contributed by atoms with Crippen molar-refractivity contribution in [2.45, 2.75) is 38.3 Å². The molecule has 3 rings (SSSR count). The molecule has 19 heavy (non-hydrogen) atoms. The molecule has 0 aromatic heterocycles. The van der Waals surface area contributed by atoms with Crippen LogP contribution in [0.5, 0.6) is 0 Å². The average molecular weight is 260 g/mol. The fourth-order valence-electron chi connectivity index (χ4n) is 3.48. The maximum Gasteiger partial charge on any atom is 0.0594 e. The third-order valence-electron chi connectivity index (χ3n) is 4.40. The SMILES string of the molecule is CC(N)C(c1ccc2c(c1)CCC2)N1CCOCC1. The van der Waals surface area contributed by atoms with E-state index in [9.17, 15) is 0 Å². The van der Waals surface area contributed by atoms with E-state index in [2.05, 4.69) is 30.0 Å². The number of nitrogens with two attached hydrogens (primary N) is 1. The molecule has 3 nitrogen and oxygen atoms in total. The van der Waals surface area contributed by atoms with Crippen LogP contribution in [0.3, 0.4) is 0 Å². The number of benzene rings is 1. The summed E-state index contributed by atoms with van der Waals surface area (Å²) in [6, 6.07) is 7.47. The van der Waals surface area contributed by atoms with Crippen LogP contribution < -0.4 is 5.73 Å². The van der Waals surface area contributed by atoms with Crippen LogP contribution in [0.25, 0.3) is 0 Å². The lowest BCUT2D eigenvalue weighted by molar-refractivity contribution is 0.0116. The number of fused-ring (bicyclic) bond motifs is 1. The summed E-state index contributed by atoms with van der Waals surface area (Å²) in [6.07, 6.45) is 3.78. The first-order chi connectivity index (χ1) is 9.25. The first-order valence-corrected chi connectivity index (χ1v) is 7.45. The van der Waals surface area contributed by atoms with Gasteiger partial charge in [-0.05, 0) is 42.9 Å². The van der Waals surface area contributed by atoms with Gasteiger partial charge in [-0.2, -0.15) is 0 Å². The molecule has 1 aromatic rings. The Labute approximate surface area is 115 Å². The second kappa shape index (κ2) is 5.61. The summed E-state index contributed by atoms with van der Waals surface area (Å²) in [7, 11) is 0. The van der Waals surface area contributed by atoms with Crippen molar-refractivity contribution >= 4 is 0 Å². The predicted octanol–water partition coefficient (Wildman–Crippen LogP) is 1.90. The number of aryl methyl sites for hydroxylation is 2. The van der Waals surface area contributed by atoms with Gasteiger partial charge in [-0.15, -0.1) is 0 Å². The molecule has 2 unspecified atom stereocenters. The van der Waals surface area contributed by atoms with Crippen molar-refractivity contribution < 1.29 is 4.74 Å². The summed E-state index contributed by atoms with van der Waals surface area (Å²) >= 11 is 0. The minimum absolute atomic E-state index is 0.151. The summed E-state index contributed by atoms with van der Waals surface area (Å²) in [5, 5.41) is 0. The third kappa shape index (κ3) is 2.69. The second-order valence-electron chi connectivity index (χ2n) is 5.83. The van der Waals surface area contributed by atoms with Crippen molar-refractivity contribution in [3.8, 4) is 0 Å². The largest absolute Gasteiger partial charge is 0.379 e. The Bertz CT molecular complexity index is 438. The zero-order valence-electron chi connectivity index (χ0n) is 11.8. The molecule has 1 heterocycles. The van der Waals surface area contributed by atoms with Crippen LogP contribution in [0.15, 0.2) is 18.2 Å². The molecule has 2 aliphatic rings. The molecular formula is C16H24N2O. The van der Waals surface area contributed by atoms with Crippen molar-refractivity contribution in [3.63, 3.8) is 0 Å². The summed E-state index contributed by atoms with van der Waals surface area (Å²) in [6.45, 7) is 5.75. The van der Waals surface area contributed by atoms with Gasteiger partial charge >= 0.3 is 0 Å². The summed E-state index contributed by atoms with van der Waals surface area (Å²) in [5.74, 6) is 0. The minimum atomic E-state index is 0.151. The van der Waals surface area contributed by atoms with Crippen LogP contribution in [0, 0.1) is 0 Å². The molecule has 0 saturated carbocycles. The quantitative estimate of drug-likeness (QED) is 0.902. The van der Waals surface area contributed by atoms with Gasteiger partial charge in [0.15, 0.2) is 0 Å². The Balaban J connectivity index is 1.87. The number of hydrogen-bond acceptors (Lipinski definition) is 3. The number of ether oxygens (including phenoxy) is 1. The first kappa shape index (κ1) is 13.1. The topological polar surface area (TPSA) is 38.5 Å². The van der Waals surface area contributed by atoms with Crippen molar-refractivity contribution in [1.82, 2.24) is 4.90 Å². The highest BCUT2D eigenvalue weighted by molar-refractivity contribution is 5.37. The van der Waals surface area contributed by atoms with E-state index in [0.717, 1.165) is 26.3 Å². The molecule has 1 aliphatic heterocycles. The molecule has 1 aromatic carbocycles. The molecule has 1 fully saturated rings. The number of nitrogens with zero attached hydrogens (tertiary/aromatic N) is 1. The van der Waals surface area contributed by atoms with Crippen LogP contribution in [0.1, 0.15) is 36.1 Å². The van der Waals surface area contributed by atoms with E-state index in [4.69, 9.17) is 10.5 Å². The molecule has 3 heteroatoms. The molecule has 2 atom stereocenters. The fourth-order valence-corrected chi connectivity index (χ4v) is 3.48. The van der Waals surface area contributed by atoms with E-state index in [1.165, 1.54) is 36.0 Å². The normalized spacial score (nSPS) is 23.1. The predicted molar refractivity (Wildman–Crippen MR) is 77.2 cm³/mol. The van der Waals surface area contributed by atoms with Crippen LogP contribution in [-0.2, 0) is 17.6 Å². The molecule has 0 amide bonds. The first-order valence-electron chi connectivity index (χ1n) is 7.45. The van der Waals surface area contributed by atoms with Gasteiger partial charge in [-0.3, -0.25) is 4.90 Å². The van der Waals surface area contributed by atoms with Crippen LogP contribution >= 0.6 is 0 Å². The van der Waals surface area contributed by atoms with Gasteiger partial charge in [0.25, 0.3) is 0 Å². The number of morpholine rings is 1. The van der Waals surface area contributed by atoms with Gasteiger partial charge in [-0.25, -0.2) is 0 Å². The number of rotatable bonds is 3. The molecular weight excluding hydrogens is 236 g/mol. The molecule has 2 N–H and O–H groups in total. The van der Waals surface area contributed by atoms with Gasteiger partial charge in [0, 0.05) is 25.2 Å². The molecule has 104 valence electrons. The van der Waals surface area contributed by atoms with Gasteiger partial charge < -0.3 is 10.5 Å². The highest BCUT2D eigenvalue weighted by atomic mass is 16.5. The highest BCUT2D eigenvalue weighted by Gasteiger charge is 2.26. The lowest BCUT2D eigenvalue weighted by atomic mass is 9.95. The summed E-state index contributed by atoms with van der Waals surface area (Å²) < 4.78 is 5.46. The zero-order chi connectivity index (χ0) is 13.2. The molecule has 1 saturated heterocycles. The maximum atomic E-state index is 6.26. The van der Waals surface area contributed by atoms with Gasteiger partial charge in [0.2, 0.25) is 0 Å². The van der Waals surface area contributed by atoms with Crippen molar-refractivity contribution in [2.75, 3.05) is 26.3 Å². The van der Waals surface area contributed by atoms with Crippen LogP contribution in [0.2, 0.25) is 0 Å². The number of hydrogen-bond donors (Lipinski definition) is 1. The summed E-state index contributed by atoms with van der Waals surface area (Å²) in [4.78, 5) is 2.48. The van der Waals surface area contributed by atoms with Crippen LogP contribution in [0.4, 0.5) is 0 Å². The molecule has 0 bridgehead atoms. The van der Waals surface area contributed by atoms with E-state index in [-0.39, 0.29) is 6.04 Å². The summed E-state index contributed by atoms with van der Waals surface area (Å²) in [5.41, 5.74) is 10.7. The van der Waals surface area contributed by atoms with E-state index >= 15 is 0 Å². The monoisotopic (exact) mass is 260 g/mol. The van der Waals surface area contributed by atoms with E-state index < -0.39 is 0 Å². The Morgan fingerprint density at radius 2 is 1.89 bits per heavy atom. The van der Waals surface area contributed by atoms with E-state index in [1.54, 1.807) is 0 Å². The van der Waals surface area contributed by atoms with Crippen LogP contribution in [-0.4, -0.2) is 37.2 Å². The minimum Gasteiger partial charge on any atom is -0.379 e. The lowest BCUT2D eigenvalue weighted by Crippen LogP contribution is -2.45. The third-order valence-corrected chi connectivity index (χ3v) is 4.40. The Morgan fingerprint density at radius 1 is 1.16 bits per heavy atom. The second-order valence-corrected chi connectivity index (χ2v) is 5.83. The Morgan fingerprint density at radius 3 is 2.63 bits per heavy atom. The molecule has 0 spiro atoms. The highest BCUT2D eigenvalue weighted by Crippen LogP contribution is 2.29. The van der Waals surface area contributed by atoms with E-state index in [1.807, 2.05) is 0 Å². The Kier molecular flexibility index (Phi) is 3.87. The van der Waals surface area contributed by atoms with Gasteiger partial charge in [0.05, 0.1) is 13.2 Å². The fraction of sp³-hybridized carbons (Fsp3) is 0.625. The smallest absolute Gasteiger partial charge is 0.0594 e. The van der Waals surface area contributed by atoms with Gasteiger partial charge in [0.1, 0.15) is 0 Å². The molecule has 1 aliphatic carbocycles. The maximum absolute atomic E-state index is 6.26. The van der Waals surface area contributed by atoms with Gasteiger partial charge in [-0.1, -0.05) is 18.2 Å². The lowest BCUT2D eigenvalue weighted by Gasteiger charge is -2.37. The molecule has 0 radical (unpaired) electrons. The average Bonchev–Trinajstić information content (AvgIpc) is 2.87. The standard InChI is InChI=1S/C16H24N2O/c1-12(17)16(18-7-9-19-10-8-18)15-6-5-13-3-2-4-14(13)11-15/h5-6,11-12,16H,2-4,7-10,17H2,1H3. The van der Waals surface area contributed by atoms with Crippen molar-refractivity contribution in [1.29, 1.82) is 0 Å². The zero-order valence-corrected chi connectivity index (χ0v) is 11.8. The Hall–Kier alpha value is -0.900.